The minimum Gasteiger partial charge on any atom is -0.480 e. The van der Waals surface area contributed by atoms with E-state index in [1.165, 1.54) is 0 Å². The van der Waals surface area contributed by atoms with E-state index in [0.29, 0.717) is 21.9 Å². The summed E-state index contributed by atoms with van der Waals surface area (Å²) < 4.78 is 11.2. The molecule has 1 unspecified atom stereocenters. The molecule has 1 aliphatic heterocycles. The molecule has 0 amide bonds. The van der Waals surface area contributed by atoms with Crippen LogP contribution in [0.4, 0.5) is 0 Å². The Labute approximate surface area is 178 Å². The first-order valence-electron chi connectivity index (χ1n) is 9.42. The fourth-order valence-electron chi connectivity index (χ4n) is 3.05. The van der Waals surface area contributed by atoms with Gasteiger partial charge < -0.3 is 19.9 Å². The van der Waals surface area contributed by atoms with Crippen LogP contribution in [0.15, 0.2) is 48.5 Å². The monoisotopic (exact) mass is 431 g/mol. The van der Waals surface area contributed by atoms with E-state index in [0.717, 1.165) is 0 Å². The summed E-state index contributed by atoms with van der Waals surface area (Å²) in [6.07, 6.45) is -0.320. The van der Waals surface area contributed by atoms with Crippen molar-refractivity contribution in [2.24, 2.45) is 0 Å². The van der Waals surface area contributed by atoms with Crippen LogP contribution in [0, 0.1) is 0 Å². The number of esters is 1. The van der Waals surface area contributed by atoms with E-state index in [4.69, 9.17) is 26.2 Å². The summed E-state index contributed by atoms with van der Waals surface area (Å²) >= 11 is 5.85. The van der Waals surface area contributed by atoms with Gasteiger partial charge in [0.1, 0.15) is 17.9 Å². The number of carbonyl (C=O) groups is 3. The zero-order valence-electron chi connectivity index (χ0n) is 16.6. The Bertz CT molecular complexity index is 939. The molecule has 1 aliphatic rings. The number of ketones is 1. The molecular formula is C22H22ClNO6. The highest BCUT2D eigenvalue weighted by Crippen LogP contribution is 2.23. The Morgan fingerprint density at radius 1 is 1.03 bits per heavy atom. The van der Waals surface area contributed by atoms with Crippen molar-refractivity contribution in [3.05, 3.63) is 64.7 Å². The number of aliphatic carboxylic acids is 1. The molecule has 2 aromatic carbocycles. The molecule has 0 saturated carbocycles. The Morgan fingerprint density at radius 3 is 2.13 bits per heavy atom. The number of rotatable bonds is 7. The molecule has 2 aromatic rings. The quantitative estimate of drug-likeness (QED) is 0.513. The van der Waals surface area contributed by atoms with Gasteiger partial charge in [0.2, 0.25) is 0 Å². The maximum atomic E-state index is 12.5. The molecule has 158 valence electrons. The van der Waals surface area contributed by atoms with Gasteiger partial charge in [0.25, 0.3) is 0 Å². The van der Waals surface area contributed by atoms with Crippen LogP contribution in [0.2, 0.25) is 5.02 Å². The lowest BCUT2D eigenvalue weighted by Crippen LogP contribution is -2.42. The van der Waals surface area contributed by atoms with E-state index >= 15 is 0 Å². The van der Waals surface area contributed by atoms with Crippen LogP contribution in [-0.2, 0) is 14.3 Å². The molecule has 1 saturated heterocycles. The summed E-state index contributed by atoms with van der Waals surface area (Å²) in [5, 5.41) is 12.3. The lowest BCUT2D eigenvalue weighted by Gasteiger charge is -2.26. The summed E-state index contributed by atoms with van der Waals surface area (Å²) in [4.78, 5) is 36.0. The molecule has 1 heterocycles. The van der Waals surface area contributed by atoms with E-state index in [9.17, 15) is 14.4 Å². The van der Waals surface area contributed by atoms with Crippen LogP contribution >= 0.6 is 11.6 Å². The normalized spacial score (nSPS) is 18.6. The molecule has 8 heteroatoms. The fourth-order valence-corrected chi connectivity index (χ4v) is 3.18. The molecule has 0 spiro atoms. The Balaban J connectivity index is 1.61. The first-order valence-corrected chi connectivity index (χ1v) is 9.80. The Hall–Kier alpha value is -2.90. The summed E-state index contributed by atoms with van der Waals surface area (Å²) in [6.45, 7) is 3.42. The van der Waals surface area contributed by atoms with Crippen molar-refractivity contribution < 1.29 is 29.0 Å². The molecular weight excluding hydrogens is 410 g/mol. The molecule has 0 bridgehead atoms. The van der Waals surface area contributed by atoms with E-state index in [-0.39, 0.29) is 18.7 Å². The van der Waals surface area contributed by atoms with Crippen molar-refractivity contribution in [3.63, 3.8) is 0 Å². The summed E-state index contributed by atoms with van der Waals surface area (Å²) in [7, 11) is 0. The van der Waals surface area contributed by atoms with Gasteiger partial charge in [-0.3, -0.25) is 9.59 Å². The van der Waals surface area contributed by atoms with E-state index in [2.05, 4.69) is 5.32 Å². The van der Waals surface area contributed by atoms with Gasteiger partial charge in [0, 0.05) is 29.1 Å². The van der Waals surface area contributed by atoms with Gasteiger partial charge in [-0.2, -0.15) is 0 Å². The van der Waals surface area contributed by atoms with Crippen LogP contribution in [0.3, 0.4) is 0 Å². The predicted molar refractivity (Wildman–Crippen MR) is 110 cm³/mol. The van der Waals surface area contributed by atoms with Crippen LogP contribution in [-0.4, -0.2) is 47.1 Å². The largest absolute Gasteiger partial charge is 0.480 e. The van der Waals surface area contributed by atoms with Crippen molar-refractivity contribution in [2.75, 3.05) is 6.54 Å². The second kappa shape index (κ2) is 8.85. The number of benzene rings is 2. The fraction of sp³-hybridized carbons (Fsp3) is 0.318. The Morgan fingerprint density at radius 2 is 1.60 bits per heavy atom. The molecule has 1 fully saturated rings. The zero-order valence-corrected chi connectivity index (χ0v) is 17.3. The molecule has 0 aromatic heterocycles. The summed E-state index contributed by atoms with van der Waals surface area (Å²) in [6, 6.07) is 12.3. The van der Waals surface area contributed by atoms with E-state index in [1.807, 2.05) is 0 Å². The maximum absolute atomic E-state index is 12.5. The smallest absolute Gasteiger partial charge is 0.350 e. The highest BCUT2D eigenvalue weighted by Gasteiger charge is 2.37. The van der Waals surface area contributed by atoms with Crippen molar-refractivity contribution in [1.82, 2.24) is 5.32 Å². The van der Waals surface area contributed by atoms with Gasteiger partial charge in [-0.25, -0.2) is 4.79 Å². The third-order valence-electron chi connectivity index (χ3n) is 4.75. The molecule has 3 rings (SSSR count). The SMILES string of the molecule is CC(C)(Oc1ccc(C(=O)c2ccc(Cl)cc2)cc1)C(=O)OC1CN[C@H](C(=O)O)C1. The molecule has 0 radical (unpaired) electrons. The summed E-state index contributed by atoms with van der Waals surface area (Å²) in [5.74, 6) is -1.32. The number of hydrogen-bond acceptors (Lipinski definition) is 6. The first-order chi connectivity index (χ1) is 14.2. The van der Waals surface area contributed by atoms with Crippen molar-refractivity contribution in [2.45, 2.75) is 38.0 Å². The zero-order chi connectivity index (χ0) is 21.9. The summed E-state index contributed by atoms with van der Waals surface area (Å²) in [5.41, 5.74) is -0.299. The third kappa shape index (κ3) is 5.17. The van der Waals surface area contributed by atoms with Gasteiger partial charge in [0.05, 0.1) is 0 Å². The standard InChI is InChI=1S/C22H22ClNO6/c1-22(2,21(28)29-17-11-18(20(26)27)24-12-17)30-16-9-5-14(6-10-16)19(25)13-3-7-15(23)8-4-13/h3-10,17-18,24H,11-12H2,1-2H3,(H,26,27)/t17?,18-/m0/s1. The average molecular weight is 432 g/mol. The lowest BCUT2D eigenvalue weighted by atomic mass is 10.0. The number of nitrogens with one attached hydrogen (secondary N) is 1. The molecule has 2 atom stereocenters. The molecule has 0 aliphatic carbocycles. The molecule has 7 nitrogen and oxygen atoms in total. The van der Waals surface area contributed by atoms with Crippen molar-refractivity contribution in [3.8, 4) is 5.75 Å². The maximum Gasteiger partial charge on any atom is 0.350 e. The number of hydrogen-bond donors (Lipinski definition) is 2. The molecule has 30 heavy (non-hydrogen) atoms. The second-order valence-electron chi connectivity index (χ2n) is 7.53. The predicted octanol–water partition coefficient (Wildman–Crippen LogP) is 3.09. The molecule has 2 N–H and O–H groups in total. The highest BCUT2D eigenvalue weighted by atomic mass is 35.5. The van der Waals surface area contributed by atoms with Crippen LogP contribution in [0.25, 0.3) is 0 Å². The highest BCUT2D eigenvalue weighted by molar-refractivity contribution is 6.30. The second-order valence-corrected chi connectivity index (χ2v) is 7.97. The first kappa shape index (κ1) is 21.8. The third-order valence-corrected chi connectivity index (χ3v) is 5.00. The number of carboxylic acids is 1. The topological polar surface area (TPSA) is 102 Å². The lowest BCUT2D eigenvalue weighted by molar-refractivity contribution is -0.164. The number of ether oxygens (including phenoxy) is 2. The van der Waals surface area contributed by atoms with Crippen LogP contribution in [0.1, 0.15) is 36.2 Å². The number of carboxylic acid groups (broad SMARTS) is 1. The minimum atomic E-state index is -1.29. The van der Waals surface area contributed by atoms with E-state index < -0.39 is 29.7 Å². The van der Waals surface area contributed by atoms with E-state index in [1.54, 1.807) is 62.4 Å². The van der Waals surface area contributed by atoms with Gasteiger partial charge in [-0.05, 0) is 62.4 Å². The van der Waals surface area contributed by atoms with Crippen molar-refractivity contribution >= 4 is 29.3 Å². The van der Waals surface area contributed by atoms with Gasteiger partial charge in [-0.1, -0.05) is 11.6 Å². The van der Waals surface area contributed by atoms with Gasteiger partial charge in [0.15, 0.2) is 11.4 Å². The number of carbonyl (C=O) groups excluding carboxylic acids is 2. The van der Waals surface area contributed by atoms with Crippen molar-refractivity contribution in [1.29, 1.82) is 0 Å². The van der Waals surface area contributed by atoms with Gasteiger partial charge >= 0.3 is 11.9 Å². The number of halogens is 1. The average Bonchev–Trinajstić information content (AvgIpc) is 3.17. The van der Waals surface area contributed by atoms with Crippen LogP contribution < -0.4 is 10.1 Å². The van der Waals surface area contributed by atoms with Gasteiger partial charge in [-0.15, -0.1) is 0 Å². The minimum absolute atomic E-state index is 0.154. The Kier molecular flexibility index (Phi) is 6.43. The van der Waals surface area contributed by atoms with Crippen LogP contribution in [0.5, 0.6) is 5.75 Å².